The minimum atomic E-state index is -3.64. The van der Waals surface area contributed by atoms with Crippen molar-refractivity contribution in [3.05, 3.63) is 64.4 Å². The summed E-state index contributed by atoms with van der Waals surface area (Å²) < 4.78 is 47.3. The molecule has 2 aliphatic rings. The van der Waals surface area contributed by atoms with Crippen LogP contribution >= 0.6 is 11.6 Å². The molecule has 2 fully saturated rings. The molecule has 2 aromatic rings. The molecule has 0 radical (unpaired) electrons. The van der Waals surface area contributed by atoms with Crippen LogP contribution in [0.25, 0.3) is 0 Å². The number of hydrogen-bond acceptors (Lipinski definition) is 1. The first-order valence-electron chi connectivity index (χ1n) is 11.4. The van der Waals surface area contributed by atoms with Crippen LogP contribution in [0.4, 0.5) is 13.2 Å². The molecule has 2 saturated carbocycles. The van der Waals surface area contributed by atoms with E-state index in [0.29, 0.717) is 12.0 Å². The fourth-order valence-corrected chi connectivity index (χ4v) is 5.49. The van der Waals surface area contributed by atoms with Crippen LogP contribution in [0.5, 0.6) is 5.75 Å². The third kappa shape index (κ3) is 5.39. The predicted molar refractivity (Wildman–Crippen MR) is 118 cm³/mol. The minimum Gasteiger partial charge on any atom is -0.429 e. The van der Waals surface area contributed by atoms with Crippen molar-refractivity contribution in [3.63, 3.8) is 0 Å². The molecule has 0 aliphatic heterocycles. The van der Waals surface area contributed by atoms with Crippen molar-refractivity contribution >= 4 is 11.6 Å². The zero-order valence-corrected chi connectivity index (χ0v) is 18.7. The van der Waals surface area contributed by atoms with Gasteiger partial charge in [0.2, 0.25) is 0 Å². The largest absolute Gasteiger partial charge is 0.429 e. The molecular formula is C26H30ClF3O. The van der Waals surface area contributed by atoms with Gasteiger partial charge in [0.1, 0.15) is 11.6 Å². The summed E-state index contributed by atoms with van der Waals surface area (Å²) in [4.78, 5) is 0. The van der Waals surface area contributed by atoms with Gasteiger partial charge >= 0.3 is 6.11 Å². The average molecular weight is 451 g/mol. The molecule has 0 bridgehead atoms. The Hall–Kier alpha value is -1.68. The highest BCUT2D eigenvalue weighted by molar-refractivity contribution is 6.30. The van der Waals surface area contributed by atoms with E-state index in [1.807, 2.05) is 12.1 Å². The van der Waals surface area contributed by atoms with E-state index in [-0.39, 0.29) is 10.8 Å². The van der Waals surface area contributed by atoms with Gasteiger partial charge < -0.3 is 4.74 Å². The van der Waals surface area contributed by atoms with Gasteiger partial charge in [-0.2, -0.15) is 8.78 Å². The molecule has 1 nitrogen and oxygen atoms in total. The predicted octanol–water partition coefficient (Wildman–Crippen LogP) is 8.71. The van der Waals surface area contributed by atoms with E-state index in [4.69, 9.17) is 16.3 Å². The maximum Gasteiger partial charge on any atom is 0.426 e. The average Bonchev–Trinajstić information content (AvgIpc) is 2.76. The van der Waals surface area contributed by atoms with Crippen LogP contribution in [0.2, 0.25) is 5.02 Å². The molecule has 5 heteroatoms. The van der Waals surface area contributed by atoms with Crippen LogP contribution < -0.4 is 4.74 Å². The topological polar surface area (TPSA) is 9.23 Å². The van der Waals surface area contributed by atoms with E-state index in [9.17, 15) is 13.2 Å². The summed E-state index contributed by atoms with van der Waals surface area (Å²) in [6.45, 7) is 2.37. The van der Waals surface area contributed by atoms with Crippen molar-refractivity contribution in [2.24, 2.45) is 17.8 Å². The Morgan fingerprint density at radius 1 is 0.839 bits per heavy atom. The summed E-state index contributed by atoms with van der Waals surface area (Å²) in [6.07, 6.45) is 6.74. The monoisotopic (exact) mass is 450 g/mol. The van der Waals surface area contributed by atoms with Crippen molar-refractivity contribution in [1.29, 1.82) is 0 Å². The second-order valence-corrected chi connectivity index (χ2v) is 9.86. The summed E-state index contributed by atoms with van der Waals surface area (Å²) in [7, 11) is 0. The van der Waals surface area contributed by atoms with Crippen molar-refractivity contribution in [3.8, 4) is 5.75 Å². The van der Waals surface area contributed by atoms with E-state index in [0.717, 1.165) is 42.7 Å². The van der Waals surface area contributed by atoms with Crippen LogP contribution in [-0.2, 0) is 6.11 Å². The van der Waals surface area contributed by atoms with Crippen LogP contribution in [-0.4, -0.2) is 0 Å². The second-order valence-electron chi connectivity index (χ2n) is 9.45. The molecule has 4 rings (SSSR count). The SMILES string of the molecule is CC1CCC(C2CCC(c3ccc(OC(F)(F)c4ccc(Cl)c(F)c4)cc3)CC2)CC1. The fraction of sp³-hybridized carbons (Fsp3) is 0.538. The normalized spacial score (nSPS) is 27.1. The van der Waals surface area contributed by atoms with Crippen molar-refractivity contribution in [2.75, 3.05) is 0 Å². The Balaban J connectivity index is 1.33. The van der Waals surface area contributed by atoms with Gasteiger partial charge in [0.05, 0.1) is 10.6 Å². The van der Waals surface area contributed by atoms with Crippen molar-refractivity contribution < 1.29 is 17.9 Å². The first-order chi connectivity index (χ1) is 14.8. The third-order valence-electron chi connectivity index (χ3n) is 7.35. The number of ether oxygens (including phenoxy) is 1. The lowest BCUT2D eigenvalue weighted by Crippen LogP contribution is -2.24. The van der Waals surface area contributed by atoms with Gasteiger partial charge in [-0.3, -0.25) is 0 Å². The van der Waals surface area contributed by atoms with Gasteiger partial charge in [-0.05, 0) is 98.1 Å². The Morgan fingerprint density at radius 2 is 1.42 bits per heavy atom. The van der Waals surface area contributed by atoms with E-state index < -0.39 is 17.5 Å². The molecule has 0 saturated heterocycles. The molecule has 31 heavy (non-hydrogen) atoms. The highest BCUT2D eigenvalue weighted by Crippen LogP contribution is 2.44. The minimum absolute atomic E-state index is 0.0640. The quantitative estimate of drug-likeness (QED) is 0.442. The fourth-order valence-electron chi connectivity index (χ4n) is 5.37. The number of hydrogen-bond donors (Lipinski definition) is 0. The van der Waals surface area contributed by atoms with E-state index in [1.54, 1.807) is 12.1 Å². The highest BCUT2D eigenvalue weighted by Gasteiger charge is 2.35. The lowest BCUT2D eigenvalue weighted by molar-refractivity contribution is -0.185. The maximum atomic E-state index is 14.4. The zero-order chi connectivity index (χ0) is 22.0. The van der Waals surface area contributed by atoms with Crippen LogP contribution in [0.3, 0.4) is 0 Å². The van der Waals surface area contributed by atoms with Gasteiger partial charge in [0.25, 0.3) is 0 Å². The summed E-state index contributed by atoms with van der Waals surface area (Å²) in [5.74, 6) is 2.29. The molecular weight excluding hydrogens is 421 g/mol. The number of halogens is 4. The smallest absolute Gasteiger partial charge is 0.426 e. The maximum absolute atomic E-state index is 14.4. The first-order valence-corrected chi connectivity index (χ1v) is 11.8. The molecule has 2 aromatic carbocycles. The van der Waals surface area contributed by atoms with Crippen molar-refractivity contribution in [1.82, 2.24) is 0 Å². The van der Waals surface area contributed by atoms with E-state index >= 15 is 0 Å². The Labute approximate surface area is 187 Å². The molecule has 0 spiro atoms. The molecule has 0 N–H and O–H groups in total. The molecule has 0 amide bonds. The number of rotatable bonds is 5. The molecule has 0 unspecified atom stereocenters. The van der Waals surface area contributed by atoms with Crippen LogP contribution in [0.1, 0.15) is 75.3 Å². The lowest BCUT2D eigenvalue weighted by atomic mass is 9.68. The Bertz CT molecular complexity index is 867. The van der Waals surface area contributed by atoms with Crippen LogP contribution in [0.15, 0.2) is 42.5 Å². The van der Waals surface area contributed by atoms with Gasteiger partial charge in [0.15, 0.2) is 0 Å². The van der Waals surface area contributed by atoms with Gasteiger partial charge in [-0.15, -0.1) is 0 Å². The lowest BCUT2D eigenvalue weighted by Gasteiger charge is -2.37. The molecule has 2 aliphatic carbocycles. The van der Waals surface area contributed by atoms with Crippen LogP contribution in [0, 0.1) is 23.6 Å². The molecule has 0 heterocycles. The third-order valence-corrected chi connectivity index (χ3v) is 7.66. The molecule has 0 aromatic heterocycles. The number of alkyl halides is 2. The van der Waals surface area contributed by atoms with Gasteiger partial charge in [-0.25, -0.2) is 4.39 Å². The summed E-state index contributed by atoms with van der Waals surface area (Å²) in [5.41, 5.74) is 0.623. The molecule has 0 atom stereocenters. The van der Waals surface area contributed by atoms with Gasteiger partial charge in [-0.1, -0.05) is 43.5 Å². The zero-order valence-electron chi connectivity index (χ0n) is 17.9. The second kappa shape index (κ2) is 9.44. The Morgan fingerprint density at radius 3 is 2.00 bits per heavy atom. The summed E-state index contributed by atoms with van der Waals surface area (Å²) >= 11 is 5.58. The highest BCUT2D eigenvalue weighted by atomic mass is 35.5. The van der Waals surface area contributed by atoms with E-state index in [2.05, 4.69) is 6.92 Å². The molecule has 168 valence electrons. The first kappa shape index (κ1) is 22.5. The summed E-state index contributed by atoms with van der Waals surface area (Å²) in [5, 5.41) is -0.198. The van der Waals surface area contributed by atoms with E-state index in [1.165, 1.54) is 44.1 Å². The van der Waals surface area contributed by atoms with Crippen molar-refractivity contribution in [2.45, 2.75) is 70.3 Å². The Kier molecular flexibility index (Phi) is 6.86. The van der Waals surface area contributed by atoms with Gasteiger partial charge in [0, 0.05) is 0 Å². The standard InChI is InChI=1S/C26H30ClF3O/c1-17-2-4-18(5-3-17)19-6-8-20(9-7-19)21-10-13-23(14-11-21)31-26(29,30)22-12-15-24(27)25(28)16-22/h10-20H,2-9H2,1H3. The number of benzene rings is 2. The summed E-state index contributed by atoms with van der Waals surface area (Å²) in [6, 6.07) is 9.85.